The Labute approximate surface area is 71.3 Å². The van der Waals surface area contributed by atoms with Gasteiger partial charge >= 0.3 is 5.97 Å². The van der Waals surface area contributed by atoms with Crippen LogP contribution in [0.2, 0.25) is 0 Å². The van der Waals surface area contributed by atoms with Crippen LogP contribution >= 0.6 is 11.8 Å². The van der Waals surface area contributed by atoms with Crippen LogP contribution in [0, 0.1) is 0 Å². The number of thioether (sulfide) groups is 1. The number of rotatable bonds is 4. The van der Waals surface area contributed by atoms with Crippen molar-refractivity contribution in [2.45, 2.75) is 6.42 Å². The monoisotopic (exact) mass is 172 g/mol. The summed E-state index contributed by atoms with van der Waals surface area (Å²) < 4.78 is 4.55. The normalized spacial score (nSPS) is 10.9. The summed E-state index contributed by atoms with van der Waals surface area (Å²) in [6, 6.07) is 0. The lowest BCUT2D eigenvalue weighted by Crippen LogP contribution is -2.03. The molecule has 0 fully saturated rings. The second-order valence-corrected chi connectivity index (χ2v) is 2.57. The first-order chi connectivity index (χ1) is 5.26. The van der Waals surface area contributed by atoms with Crippen LogP contribution in [0.5, 0.6) is 0 Å². The minimum atomic E-state index is -0.278. The number of ether oxygens (including phenoxy) is 1. The predicted octanol–water partition coefficient (Wildman–Crippen LogP) is 1.98. The number of methoxy groups -OCH3 is 1. The topological polar surface area (TPSA) is 26.3 Å². The summed E-state index contributed by atoms with van der Waals surface area (Å²) in [5.74, 6) is -0.278. The molecule has 0 aliphatic carbocycles. The van der Waals surface area contributed by atoms with Gasteiger partial charge in [-0.15, -0.1) is 18.3 Å². The Balaban J connectivity index is 4.20. The minimum absolute atomic E-state index is 0.278. The summed E-state index contributed by atoms with van der Waals surface area (Å²) in [6.07, 6.45) is 4.14. The lowest BCUT2D eigenvalue weighted by molar-refractivity contribution is -0.136. The highest BCUT2D eigenvalue weighted by Crippen LogP contribution is 2.09. The van der Waals surface area contributed by atoms with E-state index in [2.05, 4.69) is 11.3 Å². The smallest absolute Gasteiger partial charge is 0.334 e. The first kappa shape index (κ1) is 10.3. The summed E-state index contributed by atoms with van der Waals surface area (Å²) in [4.78, 5) is 10.9. The van der Waals surface area contributed by atoms with Crippen LogP contribution in [0.4, 0.5) is 0 Å². The lowest BCUT2D eigenvalue weighted by Gasteiger charge is -1.99. The zero-order valence-electron chi connectivity index (χ0n) is 6.79. The van der Waals surface area contributed by atoms with E-state index in [-0.39, 0.29) is 5.97 Å². The molecule has 0 rings (SSSR count). The maximum atomic E-state index is 10.9. The second-order valence-electron chi connectivity index (χ2n) is 1.86. The highest BCUT2D eigenvalue weighted by atomic mass is 32.2. The number of allylic oxidation sites excluding steroid dienone is 1. The zero-order valence-corrected chi connectivity index (χ0v) is 7.61. The molecule has 62 valence electrons. The Morgan fingerprint density at radius 1 is 1.73 bits per heavy atom. The van der Waals surface area contributed by atoms with Crippen LogP contribution in [0.15, 0.2) is 23.6 Å². The number of esters is 1. The summed E-state index contributed by atoms with van der Waals surface area (Å²) in [6.45, 7) is 3.54. The highest BCUT2D eigenvalue weighted by Gasteiger charge is 2.05. The van der Waals surface area contributed by atoms with E-state index in [1.54, 1.807) is 11.5 Å². The van der Waals surface area contributed by atoms with Crippen molar-refractivity contribution in [2.24, 2.45) is 0 Å². The SMILES string of the molecule is C=CC/C(=C/SC)C(=O)OC. The Hall–Kier alpha value is -0.700. The predicted molar refractivity (Wildman–Crippen MR) is 48.4 cm³/mol. The van der Waals surface area contributed by atoms with Gasteiger partial charge in [-0.05, 0) is 18.1 Å². The molecule has 0 spiro atoms. The van der Waals surface area contributed by atoms with Crippen molar-refractivity contribution in [1.82, 2.24) is 0 Å². The lowest BCUT2D eigenvalue weighted by atomic mass is 10.2. The van der Waals surface area contributed by atoms with E-state index in [0.717, 1.165) is 0 Å². The molecular formula is C8H12O2S. The first-order valence-electron chi connectivity index (χ1n) is 3.17. The summed E-state index contributed by atoms with van der Waals surface area (Å²) >= 11 is 1.48. The number of carbonyl (C=O) groups is 1. The van der Waals surface area contributed by atoms with Crippen LogP contribution in [0.3, 0.4) is 0 Å². The molecular weight excluding hydrogens is 160 g/mol. The number of hydrogen-bond acceptors (Lipinski definition) is 3. The van der Waals surface area contributed by atoms with Gasteiger partial charge in [0.2, 0.25) is 0 Å². The molecule has 11 heavy (non-hydrogen) atoms. The third-order valence-electron chi connectivity index (χ3n) is 1.07. The van der Waals surface area contributed by atoms with E-state index >= 15 is 0 Å². The minimum Gasteiger partial charge on any atom is -0.466 e. The van der Waals surface area contributed by atoms with Gasteiger partial charge in [0.15, 0.2) is 0 Å². The summed E-state index contributed by atoms with van der Waals surface area (Å²) in [7, 11) is 1.37. The maximum absolute atomic E-state index is 10.9. The largest absolute Gasteiger partial charge is 0.466 e. The standard InChI is InChI=1S/C8H12O2S/c1-4-5-7(6-11-3)8(9)10-2/h4,6H,1,5H2,2-3H3/b7-6-. The van der Waals surface area contributed by atoms with Crippen LogP contribution in [0.1, 0.15) is 6.42 Å². The third kappa shape index (κ3) is 3.88. The van der Waals surface area contributed by atoms with Gasteiger partial charge in [-0.25, -0.2) is 4.79 Å². The van der Waals surface area contributed by atoms with Crippen molar-refractivity contribution < 1.29 is 9.53 Å². The molecule has 0 saturated heterocycles. The van der Waals surface area contributed by atoms with Gasteiger partial charge in [-0.3, -0.25) is 0 Å². The average molecular weight is 172 g/mol. The van der Waals surface area contributed by atoms with Crippen molar-refractivity contribution in [3.63, 3.8) is 0 Å². The summed E-state index contributed by atoms with van der Waals surface area (Å²) in [5.41, 5.74) is 0.648. The molecule has 0 bridgehead atoms. The maximum Gasteiger partial charge on any atom is 0.334 e. The van der Waals surface area contributed by atoms with Crippen molar-refractivity contribution >= 4 is 17.7 Å². The van der Waals surface area contributed by atoms with Crippen LogP contribution < -0.4 is 0 Å². The second kappa shape index (κ2) is 6.04. The molecule has 0 aliphatic rings. The molecule has 0 amide bonds. The van der Waals surface area contributed by atoms with Crippen molar-refractivity contribution in [2.75, 3.05) is 13.4 Å². The van der Waals surface area contributed by atoms with E-state index in [9.17, 15) is 4.79 Å². The average Bonchev–Trinajstić information content (AvgIpc) is 2.03. The van der Waals surface area contributed by atoms with Gasteiger partial charge in [-0.1, -0.05) is 6.08 Å². The van der Waals surface area contributed by atoms with E-state index in [1.165, 1.54) is 18.9 Å². The van der Waals surface area contributed by atoms with E-state index in [1.807, 2.05) is 6.26 Å². The van der Waals surface area contributed by atoms with Crippen LogP contribution in [0.25, 0.3) is 0 Å². The van der Waals surface area contributed by atoms with Crippen LogP contribution in [-0.4, -0.2) is 19.3 Å². The van der Waals surface area contributed by atoms with Crippen molar-refractivity contribution in [1.29, 1.82) is 0 Å². The van der Waals surface area contributed by atoms with E-state index < -0.39 is 0 Å². The number of carbonyl (C=O) groups excluding carboxylic acids is 1. The quantitative estimate of drug-likeness (QED) is 0.368. The molecule has 2 nitrogen and oxygen atoms in total. The molecule has 0 aromatic heterocycles. The van der Waals surface area contributed by atoms with Gasteiger partial charge in [0.05, 0.1) is 7.11 Å². The van der Waals surface area contributed by atoms with Gasteiger partial charge in [0.25, 0.3) is 0 Å². The fourth-order valence-electron chi connectivity index (χ4n) is 0.608. The molecule has 0 atom stereocenters. The number of hydrogen-bond donors (Lipinski definition) is 0. The molecule has 0 heterocycles. The Kier molecular flexibility index (Phi) is 5.65. The fourth-order valence-corrected chi connectivity index (χ4v) is 1.09. The Morgan fingerprint density at radius 3 is 2.73 bits per heavy atom. The van der Waals surface area contributed by atoms with Gasteiger partial charge in [0, 0.05) is 5.57 Å². The third-order valence-corrected chi connectivity index (χ3v) is 1.59. The molecule has 3 heteroatoms. The zero-order chi connectivity index (χ0) is 8.69. The van der Waals surface area contributed by atoms with Gasteiger partial charge in [0.1, 0.15) is 0 Å². The molecule has 0 aromatic carbocycles. The van der Waals surface area contributed by atoms with Crippen molar-refractivity contribution in [3.8, 4) is 0 Å². The molecule has 0 aliphatic heterocycles. The molecule has 0 radical (unpaired) electrons. The van der Waals surface area contributed by atoms with Gasteiger partial charge in [-0.2, -0.15) is 0 Å². The molecule has 0 unspecified atom stereocenters. The molecule has 0 aromatic rings. The van der Waals surface area contributed by atoms with Crippen LogP contribution in [-0.2, 0) is 9.53 Å². The van der Waals surface area contributed by atoms with Crippen molar-refractivity contribution in [3.05, 3.63) is 23.6 Å². The van der Waals surface area contributed by atoms with E-state index in [0.29, 0.717) is 12.0 Å². The Bertz CT molecular complexity index is 173. The van der Waals surface area contributed by atoms with E-state index in [4.69, 9.17) is 0 Å². The highest BCUT2D eigenvalue weighted by molar-refractivity contribution is 8.01. The first-order valence-corrected chi connectivity index (χ1v) is 4.46. The Morgan fingerprint density at radius 2 is 2.36 bits per heavy atom. The molecule has 0 saturated carbocycles. The summed E-state index contributed by atoms with van der Waals surface area (Å²) in [5, 5.41) is 1.77. The van der Waals surface area contributed by atoms with Gasteiger partial charge < -0.3 is 4.74 Å². The molecule has 0 N–H and O–H groups in total. The fraction of sp³-hybridized carbons (Fsp3) is 0.375.